The van der Waals surface area contributed by atoms with Crippen LogP contribution in [0.5, 0.6) is 0 Å². The fourth-order valence-electron chi connectivity index (χ4n) is 12.0. The van der Waals surface area contributed by atoms with E-state index in [0.29, 0.717) is 64.2 Å². The van der Waals surface area contributed by atoms with Gasteiger partial charge in [0.1, 0.15) is 31.5 Å². The summed E-state index contributed by atoms with van der Waals surface area (Å²) < 4.78 is 73.9. The molecule has 20 heteroatoms. The molecule has 4 aliphatic carbocycles. The van der Waals surface area contributed by atoms with E-state index in [1.807, 2.05) is 30.3 Å². The van der Waals surface area contributed by atoms with Gasteiger partial charge < -0.3 is 45.9 Å². The van der Waals surface area contributed by atoms with Crippen molar-refractivity contribution in [3.8, 4) is 0 Å². The van der Waals surface area contributed by atoms with Gasteiger partial charge in [-0.3, -0.25) is 19.2 Å². The minimum atomic E-state index is -3.99. The Morgan fingerprint density at radius 1 is 0.551 bits per heavy atom. The maximum absolute atomic E-state index is 13.0. The highest BCUT2D eigenvalue weighted by atomic mass is 32.2. The number of aliphatic hydroxyl groups excluding tert-OH is 1. The topological polar surface area (TPSA) is 247 Å². The Hall–Kier alpha value is -4.95. The van der Waals surface area contributed by atoms with Crippen molar-refractivity contribution in [2.24, 2.45) is 0 Å². The first-order chi connectivity index (χ1) is 37.3. The lowest BCUT2D eigenvalue weighted by Crippen LogP contribution is -2.50. The number of unbranched alkanes of at least 4 members (excludes halogenated alkanes) is 4. The summed E-state index contributed by atoms with van der Waals surface area (Å²) in [6.45, 7) is 15.0. The molecule has 4 N–H and O–H groups in total. The molecule has 1 aromatic rings. The van der Waals surface area contributed by atoms with Crippen LogP contribution in [0.2, 0.25) is 0 Å². The van der Waals surface area contributed by atoms with Gasteiger partial charge >= 0.3 is 17.9 Å². The van der Waals surface area contributed by atoms with Crippen LogP contribution in [0, 0.1) is 0 Å². The first-order valence-corrected chi connectivity index (χ1v) is 32.3. The van der Waals surface area contributed by atoms with Crippen LogP contribution in [-0.2, 0) is 62.6 Å². The summed E-state index contributed by atoms with van der Waals surface area (Å²) in [6, 6.07) is 9.17. The van der Waals surface area contributed by atoms with E-state index in [4.69, 9.17) is 18.9 Å². The number of amides is 2. The number of rotatable bonds is 15. The Labute approximate surface area is 465 Å². The molecule has 0 unspecified atom stereocenters. The predicted octanol–water partition coefficient (Wildman–Crippen LogP) is 10.5. The van der Waals surface area contributed by atoms with Crippen LogP contribution < -0.4 is 16.0 Å². The lowest BCUT2D eigenvalue weighted by atomic mass is 9.93. The van der Waals surface area contributed by atoms with Crippen molar-refractivity contribution in [3.05, 3.63) is 63.9 Å². The molecule has 4 saturated carbocycles. The molecule has 2 amide bonds. The Bertz CT molecular complexity index is 2510. The Morgan fingerprint density at radius 3 is 1.35 bits per heavy atom. The number of esters is 3. The van der Waals surface area contributed by atoms with Gasteiger partial charge in [0, 0.05) is 37.6 Å². The Kier molecular flexibility index (Phi) is 22.3. The molecule has 4 aliphatic heterocycles. The molecule has 4 heterocycles. The first kappa shape index (κ1) is 62.3. The fourth-order valence-corrected chi connectivity index (χ4v) is 16.0. The second-order valence-corrected chi connectivity index (χ2v) is 26.9. The molecule has 18 nitrogen and oxygen atoms in total. The molecule has 438 valence electrons. The number of anilines is 1. The average molecular weight is 1130 g/mol. The van der Waals surface area contributed by atoms with Gasteiger partial charge in [-0.25, -0.2) is 21.6 Å². The smallest absolute Gasteiger partial charge is 0.348 e. The van der Waals surface area contributed by atoms with Crippen LogP contribution in [0.25, 0.3) is 0 Å². The van der Waals surface area contributed by atoms with Gasteiger partial charge in [-0.2, -0.15) is 0 Å². The highest BCUT2D eigenvalue weighted by Crippen LogP contribution is 2.44. The van der Waals surface area contributed by atoms with Crippen molar-refractivity contribution < 1.29 is 70.8 Å². The minimum absolute atomic E-state index is 0. The first-order valence-electron chi connectivity index (χ1n) is 29.3. The molecule has 0 radical (unpaired) electrons. The van der Waals surface area contributed by atoms with Crippen molar-refractivity contribution in [2.45, 2.75) is 235 Å². The number of nitrogens with zero attached hydrogens (tertiary/aromatic N) is 1. The SMILES string of the molecule is CCCC[N+](CCCC)(CCCC)CCCC.O=C1CC(=O)OC2(CCCCC2)O1.O=C1NC2(CCCCC2)S(=O)(=O)/C1=C/Nc1ccccc1.O=C1OC2(CCCCC2)OC(O)=C1/C=C1\C(=O)NC2(CCCCC2)S1(=O)=O.[H-]. The fraction of sp³-hybridized carbons (Fsp3) is 0.707. The summed E-state index contributed by atoms with van der Waals surface area (Å²) >= 11 is 0. The largest absolute Gasteiger partial charge is 1.00 e. The van der Waals surface area contributed by atoms with Crippen LogP contribution in [0.15, 0.2) is 63.9 Å². The highest BCUT2D eigenvalue weighted by molar-refractivity contribution is 7.98. The van der Waals surface area contributed by atoms with Gasteiger partial charge in [-0.05, 0) is 95.3 Å². The lowest BCUT2D eigenvalue weighted by Gasteiger charge is -2.39. The highest BCUT2D eigenvalue weighted by Gasteiger charge is 2.57. The second kappa shape index (κ2) is 28.0. The normalized spacial score (nSPS) is 24.3. The molecule has 1 aromatic carbocycles. The third kappa shape index (κ3) is 15.1. The molecule has 8 aliphatic rings. The molecule has 0 atom stereocenters. The van der Waals surface area contributed by atoms with Crippen LogP contribution in [0.4, 0.5) is 5.69 Å². The molecule has 78 heavy (non-hydrogen) atoms. The molecule has 9 rings (SSSR count). The third-order valence-electron chi connectivity index (χ3n) is 16.6. The number of carbonyl (C=O) groups excluding carboxylic acids is 5. The summed E-state index contributed by atoms with van der Waals surface area (Å²) in [4.78, 5) is 55.9. The van der Waals surface area contributed by atoms with Gasteiger partial charge in [0.2, 0.25) is 19.7 Å². The molecule has 0 aromatic heterocycles. The summed E-state index contributed by atoms with van der Waals surface area (Å²) in [7, 11) is -7.62. The summed E-state index contributed by atoms with van der Waals surface area (Å²) in [5.41, 5.74) is 0.311. The van der Waals surface area contributed by atoms with Gasteiger partial charge in [-0.1, -0.05) is 123 Å². The Morgan fingerprint density at radius 2 is 0.936 bits per heavy atom. The van der Waals surface area contributed by atoms with Crippen molar-refractivity contribution in [1.82, 2.24) is 10.6 Å². The number of hydrogen-bond acceptors (Lipinski definition) is 15. The average Bonchev–Trinajstić information content (AvgIpc) is 4.00. The molecular formula is C58H90N4O14S2. The van der Waals surface area contributed by atoms with Gasteiger partial charge in [0.25, 0.3) is 29.3 Å². The van der Waals surface area contributed by atoms with E-state index in [1.54, 1.807) is 0 Å². The van der Waals surface area contributed by atoms with Crippen LogP contribution >= 0.6 is 0 Å². The molecule has 3 saturated heterocycles. The van der Waals surface area contributed by atoms with Crippen molar-refractivity contribution >= 4 is 55.1 Å². The number of ether oxygens (including phenoxy) is 4. The zero-order valence-corrected chi connectivity index (χ0v) is 48.5. The lowest BCUT2D eigenvalue weighted by molar-refractivity contribution is -0.929. The third-order valence-corrected chi connectivity index (χ3v) is 21.4. The monoisotopic (exact) mass is 1130 g/mol. The van der Waals surface area contributed by atoms with E-state index in [9.17, 15) is 45.9 Å². The van der Waals surface area contributed by atoms with E-state index in [2.05, 4.69) is 43.6 Å². The zero-order chi connectivity index (χ0) is 56.5. The number of carbonyl (C=O) groups is 5. The van der Waals surface area contributed by atoms with Crippen molar-refractivity contribution in [3.63, 3.8) is 0 Å². The summed E-state index contributed by atoms with van der Waals surface area (Å²) in [6.07, 6.45) is 27.6. The molecule has 4 spiro atoms. The maximum Gasteiger partial charge on any atom is 0.348 e. The second-order valence-electron chi connectivity index (χ2n) is 22.5. The van der Waals surface area contributed by atoms with Crippen LogP contribution in [0.3, 0.4) is 0 Å². The summed E-state index contributed by atoms with van der Waals surface area (Å²) in [5.74, 6) is -5.80. The van der Waals surface area contributed by atoms with E-state index < -0.39 is 87.1 Å². The standard InChI is InChI=1S/C18H23NO7S.C16H36N.C15H18N2O3S.C9H12O4.H/c20-14-13(27(23,24)17(19-14)7-3-1-4-8-17)11-12-15(21)25-18(26-16(12)22)9-5-2-6-10-18;1-5-9-13-17(14-10-6-2,15-11-7-3)16-12-8-4;18-14-13(11-16-12-7-3-1-4-8-12)21(19,20)15(17-14)9-5-2-6-10-15;10-7-6-8(11)13-9(12-7)4-2-1-3-5-9;/h11,21H,1-10H2,(H,19,20);5-16H2,1-4H3;1,3-4,7-8,11,16H,2,5-6,9-10H2,(H,17,18);1-6H2;/q;+1;;;-1/b13-11+;;13-11+;;. The van der Waals surface area contributed by atoms with Crippen molar-refractivity contribution in [1.29, 1.82) is 0 Å². The number of quaternary nitrogens is 1. The van der Waals surface area contributed by atoms with E-state index in [0.717, 1.165) is 76.0 Å². The number of nitrogens with one attached hydrogen (secondary N) is 3. The predicted molar refractivity (Wildman–Crippen MR) is 298 cm³/mol. The minimum Gasteiger partial charge on any atom is -1.00 e. The van der Waals surface area contributed by atoms with E-state index in [-0.39, 0.29) is 12.8 Å². The quantitative estimate of drug-likeness (QED) is 0.0552. The Balaban J connectivity index is 0.000000200. The van der Waals surface area contributed by atoms with Gasteiger partial charge in [-0.15, -0.1) is 0 Å². The number of aliphatic hydroxyl groups is 1. The van der Waals surface area contributed by atoms with E-state index >= 15 is 0 Å². The van der Waals surface area contributed by atoms with Gasteiger partial charge in [0.05, 0.1) is 26.2 Å². The van der Waals surface area contributed by atoms with Crippen molar-refractivity contribution in [2.75, 3.05) is 31.5 Å². The van der Waals surface area contributed by atoms with Gasteiger partial charge in [0.15, 0.2) is 0 Å². The summed E-state index contributed by atoms with van der Waals surface area (Å²) in [5, 5.41) is 18.5. The molecule has 0 bridgehead atoms. The number of hydrogen-bond donors (Lipinski definition) is 4. The van der Waals surface area contributed by atoms with E-state index in [1.165, 1.54) is 88.2 Å². The molecule has 7 fully saturated rings. The van der Waals surface area contributed by atoms with Crippen LogP contribution in [-0.4, -0.2) is 104 Å². The van der Waals surface area contributed by atoms with Crippen LogP contribution in [0.1, 0.15) is 215 Å². The molecular weight excluding hydrogens is 1040 g/mol. The number of benzene rings is 1. The maximum atomic E-state index is 13.0. The number of para-hydroxylation sites is 1. The number of sulfone groups is 2. The zero-order valence-electron chi connectivity index (χ0n) is 47.9.